The normalized spacial score (nSPS) is 19.8. The summed E-state index contributed by atoms with van der Waals surface area (Å²) >= 11 is 0. The number of aryl methyl sites for hydroxylation is 1. The molecule has 4 rings (SSSR count). The van der Waals surface area contributed by atoms with Gasteiger partial charge in [0.1, 0.15) is 5.54 Å². The van der Waals surface area contributed by atoms with Crippen molar-refractivity contribution in [3.8, 4) is 0 Å². The fraction of sp³-hybridized carbons (Fsp3) is 0.292. The second-order valence-electron chi connectivity index (χ2n) is 8.05. The molecule has 5 nitrogen and oxygen atoms in total. The maximum atomic E-state index is 13.6. The maximum absolute atomic E-state index is 13.6. The average molecular weight is 424 g/mol. The Labute approximate surface area is 177 Å². The molecule has 0 bridgehead atoms. The third-order valence-corrected chi connectivity index (χ3v) is 8.01. The number of carbonyl (C=O) groups excluding carboxylic acids is 1. The zero-order chi connectivity index (χ0) is 21.5. The van der Waals surface area contributed by atoms with E-state index in [0.29, 0.717) is 6.42 Å². The Balaban J connectivity index is 1.85. The number of nitrogens with zero attached hydrogens (tertiary/aromatic N) is 1. The predicted octanol–water partition coefficient (Wildman–Crippen LogP) is 3.87. The summed E-state index contributed by atoms with van der Waals surface area (Å²) in [6, 6.07) is 18.9. The standard InChI is InChI=1S/C24H25NO4S/c1-17-8-10-22(11-9-17)30(27,28)25-13-12-20-14-18-6-4-5-7-19(18)15-21(20)16-24(25,2)23(26)29-3/h4-11,14-15H,12-13,16H2,1-3H3/t24-/m1/s1. The van der Waals surface area contributed by atoms with Crippen LogP contribution in [0.3, 0.4) is 0 Å². The van der Waals surface area contributed by atoms with Crippen molar-refractivity contribution in [1.82, 2.24) is 4.31 Å². The van der Waals surface area contributed by atoms with Crippen molar-refractivity contribution in [1.29, 1.82) is 0 Å². The van der Waals surface area contributed by atoms with E-state index in [9.17, 15) is 13.2 Å². The van der Waals surface area contributed by atoms with E-state index in [2.05, 4.69) is 12.1 Å². The Morgan fingerprint density at radius 3 is 2.20 bits per heavy atom. The highest BCUT2D eigenvalue weighted by Crippen LogP contribution is 2.35. The number of esters is 1. The largest absolute Gasteiger partial charge is 0.468 e. The van der Waals surface area contributed by atoms with Crippen LogP contribution in [0, 0.1) is 6.92 Å². The summed E-state index contributed by atoms with van der Waals surface area (Å²) in [5.41, 5.74) is 1.67. The lowest BCUT2D eigenvalue weighted by atomic mass is 9.90. The zero-order valence-electron chi connectivity index (χ0n) is 17.4. The third kappa shape index (κ3) is 3.40. The van der Waals surface area contributed by atoms with Gasteiger partial charge in [0.15, 0.2) is 0 Å². The van der Waals surface area contributed by atoms with Crippen LogP contribution in [0.5, 0.6) is 0 Å². The minimum absolute atomic E-state index is 0.180. The van der Waals surface area contributed by atoms with Crippen LogP contribution in [0.25, 0.3) is 10.8 Å². The van der Waals surface area contributed by atoms with Gasteiger partial charge in [-0.25, -0.2) is 8.42 Å². The van der Waals surface area contributed by atoms with E-state index in [-0.39, 0.29) is 17.9 Å². The zero-order valence-corrected chi connectivity index (χ0v) is 18.2. The van der Waals surface area contributed by atoms with Gasteiger partial charge in [-0.2, -0.15) is 4.31 Å². The molecule has 0 aliphatic carbocycles. The van der Waals surface area contributed by atoms with Gasteiger partial charge in [0, 0.05) is 13.0 Å². The number of rotatable bonds is 3. The molecule has 3 aromatic rings. The van der Waals surface area contributed by atoms with Crippen LogP contribution >= 0.6 is 0 Å². The van der Waals surface area contributed by atoms with E-state index in [0.717, 1.165) is 27.5 Å². The fourth-order valence-electron chi connectivity index (χ4n) is 4.28. The van der Waals surface area contributed by atoms with Gasteiger partial charge in [-0.15, -0.1) is 0 Å². The Morgan fingerprint density at radius 2 is 1.60 bits per heavy atom. The van der Waals surface area contributed by atoms with E-state index in [1.165, 1.54) is 11.4 Å². The number of sulfonamides is 1. The lowest BCUT2D eigenvalue weighted by Crippen LogP contribution is -2.56. The van der Waals surface area contributed by atoms with Crippen LogP contribution in [0.1, 0.15) is 23.6 Å². The highest BCUT2D eigenvalue weighted by molar-refractivity contribution is 7.89. The lowest BCUT2D eigenvalue weighted by Gasteiger charge is -2.36. The first kappa shape index (κ1) is 20.6. The molecule has 0 N–H and O–H groups in total. The Hall–Kier alpha value is -2.70. The summed E-state index contributed by atoms with van der Waals surface area (Å²) in [5.74, 6) is -0.556. The first-order valence-electron chi connectivity index (χ1n) is 9.94. The van der Waals surface area contributed by atoms with Crippen LogP contribution < -0.4 is 0 Å². The predicted molar refractivity (Wildman–Crippen MR) is 117 cm³/mol. The Kier molecular flexibility index (Phi) is 5.16. The molecule has 0 radical (unpaired) electrons. The molecule has 0 aromatic heterocycles. The van der Waals surface area contributed by atoms with Crippen molar-refractivity contribution in [2.24, 2.45) is 0 Å². The lowest BCUT2D eigenvalue weighted by molar-refractivity contribution is -0.151. The Morgan fingerprint density at radius 1 is 1.00 bits per heavy atom. The molecule has 3 aromatic carbocycles. The fourth-order valence-corrected chi connectivity index (χ4v) is 6.01. The molecular formula is C24H25NO4S. The molecule has 30 heavy (non-hydrogen) atoms. The van der Waals surface area contributed by atoms with Crippen LogP contribution in [-0.2, 0) is 32.4 Å². The summed E-state index contributed by atoms with van der Waals surface area (Å²) < 4.78 is 33.6. The highest BCUT2D eigenvalue weighted by Gasteiger charge is 2.48. The van der Waals surface area contributed by atoms with Gasteiger partial charge in [-0.3, -0.25) is 4.79 Å². The van der Waals surface area contributed by atoms with Gasteiger partial charge < -0.3 is 4.74 Å². The topological polar surface area (TPSA) is 63.7 Å². The third-order valence-electron chi connectivity index (χ3n) is 5.97. The molecule has 0 saturated carbocycles. The summed E-state index contributed by atoms with van der Waals surface area (Å²) in [5, 5.41) is 2.17. The summed E-state index contributed by atoms with van der Waals surface area (Å²) in [4.78, 5) is 13.1. The second-order valence-corrected chi connectivity index (χ2v) is 9.91. The Bertz CT molecular complexity index is 1220. The molecule has 1 aliphatic heterocycles. The van der Waals surface area contributed by atoms with Crippen molar-refractivity contribution in [2.75, 3.05) is 13.7 Å². The van der Waals surface area contributed by atoms with Gasteiger partial charge in [-0.05, 0) is 54.3 Å². The van der Waals surface area contributed by atoms with Gasteiger partial charge >= 0.3 is 5.97 Å². The highest BCUT2D eigenvalue weighted by atomic mass is 32.2. The van der Waals surface area contributed by atoms with Crippen LogP contribution in [0.4, 0.5) is 0 Å². The molecule has 0 saturated heterocycles. The van der Waals surface area contributed by atoms with E-state index in [4.69, 9.17) is 4.74 Å². The van der Waals surface area contributed by atoms with E-state index in [1.54, 1.807) is 31.2 Å². The second kappa shape index (κ2) is 7.52. The maximum Gasteiger partial charge on any atom is 0.327 e. The number of benzene rings is 3. The summed E-state index contributed by atoms with van der Waals surface area (Å²) in [6.07, 6.45) is 0.781. The molecule has 156 valence electrons. The van der Waals surface area contributed by atoms with Crippen LogP contribution in [0.2, 0.25) is 0 Å². The van der Waals surface area contributed by atoms with Crippen molar-refractivity contribution in [2.45, 2.75) is 37.1 Å². The van der Waals surface area contributed by atoms with Gasteiger partial charge in [0.05, 0.1) is 12.0 Å². The number of methoxy groups -OCH3 is 1. The van der Waals surface area contributed by atoms with E-state index < -0.39 is 21.5 Å². The molecule has 0 fully saturated rings. The summed E-state index contributed by atoms with van der Waals surface area (Å²) in [7, 11) is -2.60. The van der Waals surface area contributed by atoms with Crippen molar-refractivity contribution in [3.63, 3.8) is 0 Å². The molecular weight excluding hydrogens is 398 g/mol. The summed E-state index contributed by atoms with van der Waals surface area (Å²) in [6.45, 7) is 3.77. The van der Waals surface area contributed by atoms with E-state index in [1.807, 2.05) is 31.2 Å². The van der Waals surface area contributed by atoms with E-state index >= 15 is 0 Å². The van der Waals surface area contributed by atoms with Crippen molar-refractivity contribution < 1.29 is 17.9 Å². The van der Waals surface area contributed by atoms with Crippen molar-refractivity contribution in [3.05, 3.63) is 77.4 Å². The molecule has 1 aliphatic rings. The van der Waals surface area contributed by atoms with Gasteiger partial charge in [-0.1, -0.05) is 54.1 Å². The number of fused-ring (bicyclic) bond motifs is 2. The molecule has 6 heteroatoms. The van der Waals surface area contributed by atoms with Gasteiger partial charge in [0.25, 0.3) is 0 Å². The molecule has 0 spiro atoms. The molecule has 1 heterocycles. The monoisotopic (exact) mass is 423 g/mol. The van der Waals surface area contributed by atoms with Crippen molar-refractivity contribution >= 4 is 26.8 Å². The number of hydrogen-bond donors (Lipinski definition) is 0. The minimum atomic E-state index is -3.90. The minimum Gasteiger partial charge on any atom is -0.468 e. The number of carbonyl (C=O) groups is 1. The average Bonchev–Trinajstić information content (AvgIpc) is 2.88. The van der Waals surface area contributed by atoms with Gasteiger partial charge in [0.2, 0.25) is 10.0 Å². The van der Waals surface area contributed by atoms with Crippen LogP contribution in [-0.4, -0.2) is 37.9 Å². The SMILES string of the molecule is COC(=O)[C@@]1(C)Cc2cc3ccccc3cc2CCN1S(=O)(=O)c1ccc(C)cc1. The molecule has 1 atom stereocenters. The van der Waals surface area contributed by atoms with Crippen LogP contribution in [0.15, 0.2) is 65.6 Å². The number of ether oxygens (including phenoxy) is 1. The molecule has 0 unspecified atom stereocenters. The number of hydrogen-bond acceptors (Lipinski definition) is 4. The molecule has 0 amide bonds. The smallest absolute Gasteiger partial charge is 0.327 e. The first-order chi connectivity index (χ1) is 14.3. The first-order valence-corrected chi connectivity index (χ1v) is 11.4. The quantitative estimate of drug-likeness (QED) is 0.600.